The summed E-state index contributed by atoms with van der Waals surface area (Å²) in [5, 5.41) is 5.24. The fourth-order valence-electron chi connectivity index (χ4n) is 1.48. The lowest BCUT2D eigenvalue weighted by Crippen LogP contribution is -1.94. The molecule has 0 aliphatic heterocycles. The highest BCUT2D eigenvalue weighted by molar-refractivity contribution is 7.99. The van der Waals surface area contributed by atoms with Crippen LogP contribution in [0.3, 0.4) is 0 Å². The van der Waals surface area contributed by atoms with E-state index in [1.165, 1.54) is 19.3 Å². The third-order valence-corrected chi connectivity index (χ3v) is 3.57. The summed E-state index contributed by atoms with van der Waals surface area (Å²) in [6.07, 6.45) is 4.58. The lowest BCUT2D eigenvalue weighted by Gasteiger charge is -2.02. The molecule has 0 fully saturated rings. The van der Waals surface area contributed by atoms with Crippen molar-refractivity contribution in [2.45, 2.75) is 38.1 Å². The fourth-order valence-corrected chi connectivity index (χ4v) is 2.60. The zero-order valence-electron chi connectivity index (χ0n) is 9.62. The minimum absolute atomic E-state index is 0.749. The second-order valence-electron chi connectivity index (χ2n) is 3.60. The highest BCUT2D eigenvalue weighted by Crippen LogP contribution is 2.24. The van der Waals surface area contributed by atoms with Gasteiger partial charge in [0.25, 0.3) is 0 Å². The van der Waals surface area contributed by atoms with Crippen LogP contribution < -0.4 is 0 Å². The molecule has 0 aliphatic rings. The van der Waals surface area contributed by atoms with Gasteiger partial charge in [0.05, 0.1) is 11.3 Å². The van der Waals surface area contributed by atoms with Gasteiger partial charge in [-0.15, -0.1) is 11.8 Å². The van der Waals surface area contributed by atoms with Gasteiger partial charge < -0.3 is 0 Å². The molecule has 84 valence electrons. The second kappa shape index (κ2) is 5.95. The number of aromatic nitrogens is 2. The van der Waals surface area contributed by atoms with Crippen LogP contribution in [0.1, 0.15) is 42.2 Å². The Morgan fingerprint density at radius 1 is 1.47 bits per heavy atom. The van der Waals surface area contributed by atoms with Gasteiger partial charge in [-0.05, 0) is 19.1 Å². The van der Waals surface area contributed by atoms with Crippen LogP contribution >= 0.6 is 11.8 Å². The lowest BCUT2D eigenvalue weighted by molar-refractivity contribution is 0.112. The molecule has 3 nitrogen and oxygen atoms in total. The molecule has 0 bridgehead atoms. The van der Waals surface area contributed by atoms with Gasteiger partial charge in [-0.2, -0.15) is 5.10 Å². The van der Waals surface area contributed by atoms with Crippen LogP contribution in [-0.2, 0) is 7.05 Å². The number of carbonyl (C=O) groups is 1. The van der Waals surface area contributed by atoms with Crippen LogP contribution in [0.2, 0.25) is 0 Å². The topological polar surface area (TPSA) is 34.9 Å². The van der Waals surface area contributed by atoms with Gasteiger partial charge >= 0.3 is 0 Å². The summed E-state index contributed by atoms with van der Waals surface area (Å²) in [4.78, 5) is 10.9. The number of rotatable bonds is 6. The first kappa shape index (κ1) is 12.3. The zero-order chi connectivity index (χ0) is 11.3. The van der Waals surface area contributed by atoms with Gasteiger partial charge in [0, 0.05) is 7.05 Å². The first-order valence-electron chi connectivity index (χ1n) is 5.32. The molecule has 1 rings (SSSR count). The summed E-state index contributed by atoms with van der Waals surface area (Å²) >= 11 is 1.73. The Bertz CT molecular complexity index is 334. The molecule has 0 N–H and O–H groups in total. The van der Waals surface area contributed by atoms with Crippen LogP contribution in [0.4, 0.5) is 0 Å². The Morgan fingerprint density at radius 3 is 2.80 bits per heavy atom. The molecule has 0 atom stereocenters. The number of unbranched alkanes of at least 4 members (excludes halogenated alkanes) is 2. The maximum absolute atomic E-state index is 10.9. The summed E-state index contributed by atoms with van der Waals surface area (Å²) in [5.74, 6) is 1.06. The smallest absolute Gasteiger partial charge is 0.154 e. The molecule has 0 aromatic carbocycles. The van der Waals surface area contributed by atoms with Crippen LogP contribution in [0.5, 0.6) is 0 Å². The summed E-state index contributed by atoms with van der Waals surface area (Å²) < 4.78 is 1.80. The Kier molecular flexibility index (Phi) is 4.88. The second-order valence-corrected chi connectivity index (χ2v) is 4.68. The predicted molar refractivity (Wildman–Crippen MR) is 63.6 cm³/mol. The largest absolute Gasteiger partial charge is 0.298 e. The number of nitrogens with zero attached hydrogens (tertiary/aromatic N) is 2. The molecular formula is C11H18N2OS. The van der Waals surface area contributed by atoms with Crippen molar-refractivity contribution < 1.29 is 4.79 Å². The first-order valence-corrected chi connectivity index (χ1v) is 6.30. The van der Waals surface area contributed by atoms with E-state index in [9.17, 15) is 4.79 Å². The molecule has 4 heteroatoms. The molecule has 0 saturated carbocycles. The van der Waals surface area contributed by atoms with Crippen LogP contribution in [0.15, 0.2) is 5.03 Å². The number of hydrogen-bond acceptors (Lipinski definition) is 3. The van der Waals surface area contributed by atoms with Crippen molar-refractivity contribution in [3.05, 3.63) is 11.3 Å². The monoisotopic (exact) mass is 226 g/mol. The predicted octanol–water partition coefficient (Wildman–Crippen LogP) is 2.82. The van der Waals surface area contributed by atoms with E-state index in [2.05, 4.69) is 12.0 Å². The van der Waals surface area contributed by atoms with Crippen molar-refractivity contribution in [2.75, 3.05) is 5.75 Å². The minimum Gasteiger partial charge on any atom is -0.298 e. The number of carbonyl (C=O) groups excluding carboxylic acids is 1. The molecule has 1 heterocycles. The maximum atomic E-state index is 10.9. The van der Waals surface area contributed by atoms with Crippen molar-refractivity contribution in [1.82, 2.24) is 9.78 Å². The van der Waals surface area contributed by atoms with Crippen molar-refractivity contribution >= 4 is 18.0 Å². The molecule has 1 aromatic heterocycles. The summed E-state index contributed by atoms with van der Waals surface area (Å²) in [6.45, 7) is 4.07. The highest BCUT2D eigenvalue weighted by atomic mass is 32.2. The molecule has 0 aliphatic carbocycles. The Hall–Kier alpha value is -0.770. The van der Waals surface area contributed by atoms with Gasteiger partial charge in [0.15, 0.2) is 6.29 Å². The van der Waals surface area contributed by atoms with Gasteiger partial charge in [0.2, 0.25) is 0 Å². The third kappa shape index (κ3) is 3.09. The Labute approximate surface area is 95.2 Å². The van der Waals surface area contributed by atoms with Gasteiger partial charge in [-0.25, -0.2) is 0 Å². The maximum Gasteiger partial charge on any atom is 0.154 e. The van der Waals surface area contributed by atoms with E-state index in [0.717, 1.165) is 28.3 Å². The SMILES string of the molecule is CCCCCSc1c(C=O)c(C)nn1C. The van der Waals surface area contributed by atoms with Crippen molar-refractivity contribution in [2.24, 2.45) is 7.05 Å². The highest BCUT2D eigenvalue weighted by Gasteiger charge is 2.12. The molecule has 0 saturated heterocycles. The van der Waals surface area contributed by atoms with E-state index < -0.39 is 0 Å². The van der Waals surface area contributed by atoms with Crippen molar-refractivity contribution in [3.8, 4) is 0 Å². The van der Waals surface area contributed by atoms with Crippen molar-refractivity contribution in [1.29, 1.82) is 0 Å². The zero-order valence-corrected chi connectivity index (χ0v) is 10.4. The summed E-state index contributed by atoms with van der Waals surface area (Å²) in [6, 6.07) is 0. The van der Waals surface area contributed by atoms with E-state index in [1.54, 1.807) is 16.4 Å². The van der Waals surface area contributed by atoms with E-state index in [4.69, 9.17) is 0 Å². The molecule has 0 radical (unpaired) electrons. The Balaban J connectivity index is 2.63. The molecule has 0 unspecified atom stereocenters. The normalized spacial score (nSPS) is 10.6. The van der Waals surface area contributed by atoms with Crippen LogP contribution in [-0.4, -0.2) is 21.8 Å². The molecular weight excluding hydrogens is 208 g/mol. The lowest BCUT2D eigenvalue weighted by atomic mass is 10.3. The fraction of sp³-hybridized carbons (Fsp3) is 0.636. The van der Waals surface area contributed by atoms with Crippen LogP contribution in [0.25, 0.3) is 0 Å². The molecule has 1 aromatic rings. The summed E-state index contributed by atoms with van der Waals surface area (Å²) in [7, 11) is 1.89. The van der Waals surface area contributed by atoms with E-state index in [0.29, 0.717) is 0 Å². The van der Waals surface area contributed by atoms with E-state index in [1.807, 2.05) is 14.0 Å². The van der Waals surface area contributed by atoms with E-state index >= 15 is 0 Å². The van der Waals surface area contributed by atoms with Gasteiger partial charge in [0.1, 0.15) is 5.03 Å². The first-order chi connectivity index (χ1) is 7.20. The molecule has 15 heavy (non-hydrogen) atoms. The number of thioether (sulfide) groups is 1. The van der Waals surface area contributed by atoms with E-state index in [-0.39, 0.29) is 0 Å². The molecule has 0 spiro atoms. The quantitative estimate of drug-likeness (QED) is 0.425. The molecule has 0 amide bonds. The number of aldehydes is 1. The summed E-state index contributed by atoms with van der Waals surface area (Å²) in [5.41, 5.74) is 1.57. The average Bonchev–Trinajstić information content (AvgIpc) is 2.48. The van der Waals surface area contributed by atoms with Gasteiger partial charge in [-0.3, -0.25) is 9.48 Å². The van der Waals surface area contributed by atoms with Crippen molar-refractivity contribution in [3.63, 3.8) is 0 Å². The van der Waals surface area contributed by atoms with Crippen LogP contribution in [0, 0.1) is 6.92 Å². The standard InChI is InChI=1S/C11H18N2OS/c1-4-5-6-7-15-11-10(8-14)9(2)12-13(11)3/h8H,4-7H2,1-3H3. The number of aryl methyl sites for hydroxylation is 2. The van der Waals surface area contributed by atoms with Gasteiger partial charge in [-0.1, -0.05) is 19.8 Å². The Morgan fingerprint density at radius 2 is 2.20 bits per heavy atom. The average molecular weight is 226 g/mol. The number of hydrogen-bond donors (Lipinski definition) is 0. The minimum atomic E-state index is 0.749. The third-order valence-electron chi connectivity index (χ3n) is 2.32.